The van der Waals surface area contributed by atoms with E-state index in [9.17, 15) is 9.59 Å². The van der Waals surface area contributed by atoms with Crippen LogP contribution in [0, 0.1) is 0 Å². The number of aromatic amines is 1. The Morgan fingerprint density at radius 3 is 2.50 bits per heavy atom. The Morgan fingerprint density at radius 1 is 1.00 bits per heavy atom. The predicted molar refractivity (Wildman–Crippen MR) is 118 cm³/mol. The highest BCUT2D eigenvalue weighted by Crippen LogP contribution is 2.25. The number of piperazine rings is 1. The van der Waals surface area contributed by atoms with Crippen LogP contribution in [0.4, 0.5) is 5.69 Å². The summed E-state index contributed by atoms with van der Waals surface area (Å²) in [6, 6.07) is 17.4. The van der Waals surface area contributed by atoms with Crippen molar-refractivity contribution >= 4 is 33.1 Å². The first-order chi connectivity index (χ1) is 14.7. The van der Waals surface area contributed by atoms with E-state index in [4.69, 9.17) is 0 Å². The fraction of sp³-hybridized carbons (Fsp3) is 0.182. The van der Waals surface area contributed by atoms with E-state index in [2.05, 4.69) is 32.0 Å². The van der Waals surface area contributed by atoms with Crippen LogP contribution in [0.2, 0.25) is 0 Å². The van der Waals surface area contributed by atoms with Gasteiger partial charge in [0.1, 0.15) is 10.4 Å². The zero-order valence-electron chi connectivity index (χ0n) is 16.1. The predicted octanol–water partition coefficient (Wildman–Crippen LogP) is 3.01. The molecule has 1 saturated heterocycles. The van der Waals surface area contributed by atoms with E-state index in [0.717, 1.165) is 13.1 Å². The topological polar surface area (TPSA) is 82.2 Å². The summed E-state index contributed by atoms with van der Waals surface area (Å²) in [5.41, 5.74) is 2.03. The van der Waals surface area contributed by atoms with E-state index in [1.54, 1.807) is 24.4 Å². The van der Waals surface area contributed by atoms with Gasteiger partial charge in [0.25, 0.3) is 11.5 Å². The van der Waals surface area contributed by atoms with E-state index in [0.29, 0.717) is 39.7 Å². The third kappa shape index (κ3) is 3.46. The van der Waals surface area contributed by atoms with Crippen molar-refractivity contribution in [3.05, 3.63) is 76.0 Å². The normalized spacial score (nSPS) is 14.3. The zero-order valence-corrected chi connectivity index (χ0v) is 16.9. The molecular weight excluding hydrogens is 398 g/mol. The van der Waals surface area contributed by atoms with Gasteiger partial charge in [-0.2, -0.15) is 0 Å². The second-order valence-electron chi connectivity index (χ2n) is 7.07. The number of carbonyl (C=O) groups excluding carboxylic acids is 1. The monoisotopic (exact) mass is 417 g/mol. The molecule has 0 saturated carbocycles. The van der Waals surface area contributed by atoms with Crippen LogP contribution in [0.1, 0.15) is 9.67 Å². The highest BCUT2D eigenvalue weighted by atomic mass is 32.1. The Morgan fingerprint density at radius 2 is 1.77 bits per heavy atom. The number of para-hydroxylation sites is 1. The number of carbonyl (C=O) groups is 1. The van der Waals surface area contributed by atoms with Crippen molar-refractivity contribution in [2.45, 2.75) is 0 Å². The van der Waals surface area contributed by atoms with Crippen LogP contribution in [0.5, 0.6) is 0 Å². The lowest BCUT2D eigenvalue weighted by atomic mass is 10.2. The molecule has 1 fully saturated rings. The number of pyridine rings is 1. The van der Waals surface area contributed by atoms with Gasteiger partial charge in [0, 0.05) is 38.1 Å². The molecule has 8 heteroatoms. The van der Waals surface area contributed by atoms with Crippen molar-refractivity contribution in [2.75, 3.05) is 31.1 Å². The molecule has 1 N–H and O–H groups in total. The molecule has 150 valence electrons. The molecule has 1 aromatic carbocycles. The van der Waals surface area contributed by atoms with E-state index in [1.807, 2.05) is 29.2 Å². The van der Waals surface area contributed by atoms with E-state index in [1.165, 1.54) is 17.0 Å². The first-order valence-corrected chi connectivity index (χ1v) is 10.6. The Kier molecular flexibility index (Phi) is 4.76. The average molecular weight is 417 g/mol. The molecule has 0 spiro atoms. The van der Waals surface area contributed by atoms with Crippen LogP contribution in [-0.2, 0) is 0 Å². The highest BCUT2D eigenvalue weighted by molar-refractivity contribution is 7.20. The smallest absolute Gasteiger partial charge is 0.269 e. The number of aromatic nitrogens is 3. The number of anilines is 1. The summed E-state index contributed by atoms with van der Waals surface area (Å²) in [6.07, 6.45) is 1.65. The molecule has 3 aromatic heterocycles. The lowest BCUT2D eigenvalue weighted by molar-refractivity contribution is 0.0751. The SMILES string of the molecule is O=C(c1cc2nc(-c3ccccn3)[nH]c(=O)c2s1)N1CCN(c2ccccc2)CC1. The highest BCUT2D eigenvalue weighted by Gasteiger charge is 2.24. The van der Waals surface area contributed by atoms with Crippen LogP contribution < -0.4 is 10.5 Å². The Bertz CT molecular complexity index is 1250. The van der Waals surface area contributed by atoms with Crippen molar-refractivity contribution in [1.82, 2.24) is 19.9 Å². The summed E-state index contributed by atoms with van der Waals surface area (Å²) in [4.78, 5) is 41.8. The number of benzene rings is 1. The summed E-state index contributed by atoms with van der Waals surface area (Å²) >= 11 is 1.20. The van der Waals surface area contributed by atoms with Crippen LogP contribution in [0.3, 0.4) is 0 Å². The van der Waals surface area contributed by atoms with Crippen molar-refractivity contribution in [3.63, 3.8) is 0 Å². The molecule has 30 heavy (non-hydrogen) atoms. The van der Waals surface area contributed by atoms with Crippen LogP contribution in [-0.4, -0.2) is 51.9 Å². The quantitative estimate of drug-likeness (QED) is 0.554. The maximum Gasteiger partial charge on any atom is 0.269 e. The van der Waals surface area contributed by atoms with Gasteiger partial charge in [0.05, 0.1) is 10.4 Å². The first-order valence-electron chi connectivity index (χ1n) is 9.73. The van der Waals surface area contributed by atoms with E-state index >= 15 is 0 Å². The molecule has 0 atom stereocenters. The van der Waals surface area contributed by atoms with Gasteiger partial charge in [-0.25, -0.2) is 4.98 Å². The van der Waals surface area contributed by atoms with E-state index in [-0.39, 0.29) is 11.5 Å². The maximum absolute atomic E-state index is 13.0. The number of hydrogen-bond acceptors (Lipinski definition) is 6. The standard InChI is InChI=1S/C22H19N5O2S/c28-21-19-17(24-20(25-21)16-8-4-5-9-23-16)14-18(30-19)22(29)27-12-10-26(11-13-27)15-6-2-1-3-7-15/h1-9,14H,10-13H2,(H,24,25,28). The number of thiophene rings is 1. The minimum absolute atomic E-state index is 0.0514. The molecule has 5 rings (SSSR count). The third-order valence-corrected chi connectivity index (χ3v) is 6.30. The Labute approximate surface area is 176 Å². The molecule has 1 aliphatic rings. The molecule has 0 bridgehead atoms. The lowest BCUT2D eigenvalue weighted by Gasteiger charge is -2.35. The lowest BCUT2D eigenvalue weighted by Crippen LogP contribution is -2.48. The molecule has 0 radical (unpaired) electrons. The van der Waals surface area contributed by atoms with Gasteiger partial charge in [-0.1, -0.05) is 24.3 Å². The number of amides is 1. The van der Waals surface area contributed by atoms with Crippen molar-refractivity contribution in [1.29, 1.82) is 0 Å². The fourth-order valence-corrected chi connectivity index (χ4v) is 4.59. The fourth-order valence-electron chi connectivity index (χ4n) is 3.63. The maximum atomic E-state index is 13.0. The van der Waals surface area contributed by atoms with Gasteiger partial charge in [-0.15, -0.1) is 11.3 Å². The van der Waals surface area contributed by atoms with Crippen molar-refractivity contribution in [3.8, 4) is 11.5 Å². The van der Waals surface area contributed by atoms with Gasteiger partial charge in [0.2, 0.25) is 0 Å². The van der Waals surface area contributed by atoms with Gasteiger partial charge in [-0.3, -0.25) is 14.6 Å². The number of nitrogens with zero attached hydrogens (tertiary/aromatic N) is 4. The summed E-state index contributed by atoms with van der Waals surface area (Å²) in [7, 11) is 0. The van der Waals surface area contributed by atoms with Crippen LogP contribution >= 0.6 is 11.3 Å². The summed E-state index contributed by atoms with van der Waals surface area (Å²) in [6.45, 7) is 2.85. The van der Waals surface area contributed by atoms with Gasteiger partial charge in [-0.05, 0) is 30.3 Å². The minimum atomic E-state index is -0.251. The largest absolute Gasteiger partial charge is 0.368 e. The number of H-pyrrole nitrogens is 1. The Hall–Kier alpha value is -3.52. The van der Waals surface area contributed by atoms with Crippen molar-refractivity contribution < 1.29 is 4.79 Å². The van der Waals surface area contributed by atoms with Crippen LogP contribution in [0.15, 0.2) is 65.6 Å². The van der Waals surface area contributed by atoms with Gasteiger partial charge < -0.3 is 14.8 Å². The zero-order chi connectivity index (χ0) is 20.5. The first kappa shape index (κ1) is 18.5. The summed E-state index contributed by atoms with van der Waals surface area (Å²) in [5.74, 6) is 0.353. The van der Waals surface area contributed by atoms with E-state index < -0.39 is 0 Å². The summed E-state index contributed by atoms with van der Waals surface area (Å²) < 4.78 is 0.459. The van der Waals surface area contributed by atoms with Gasteiger partial charge >= 0.3 is 0 Å². The second kappa shape index (κ2) is 7.72. The number of rotatable bonds is 3. The van der Waals surface area contributed by atoms with Gasteiger partial charge in [0.15, 0.2) is 5.82 Å². The second-order valence-corrected chi connectivity index (χ2v) is 8.12. The molecule has 7 nitrogen and oxygen atoms in total. The molecule has 0 aliphatic carbocycles. The molecule has 0 unspecified atom stereocenters. The summed E-state index contributed by atoms with van der Waals surface area (Å²) in [5, 5.41) is 0. The number of hydrogen-bond donors (Lipinski definition) is 1. The number of fused-ring (bicyclic) bond motifs is 1. The number of nitrogens with one attached hydrogen (secondary N) is 1. The molecular formula is C22H19N5O2S. The average Bonchev–Trinajstić information content (AvgIpc) is 3.25. The minimum Gasteiger partial charge on any atom is -0.368 e. The third-order valence-electron chi connectivity index (χ3n) is 5.19. The molecule has 4 heterocycles. The molecule has 4 aromatic rings. The van der Waals surface area contributed by atoms with Crippen LogP contribution in [0.25, 0.3) is 21.7 Å². The Balaban J connectivity index is 1.37. The molecule has 1 aliphatic heterocycles. The van der Waals surface area contributed by atoms with Crippen molar-refractivity contribution in [2.24, 2.45) is 0 Å². The molecule has 1 amide bonds.